The van der Waals surface area contributed by atoms with Crippen molar-refractivity contribution in [2.24, 2.45) is 0 Å². The summed E-state index contributed by atoms with van der Waals surface area (Å²) in [4.78, 5) is 0. The lowest BCUT2D eigenvalue weighted by Crippen LogP contribution is -2.24. The van der Waals surface area contributed by atoms with E-state index in [1.807, 2.05) is 7.05 Å². The van der Waals surface area contributed by atoms with Crippen LogP contribution in [0.25, 0.3) is 0 Å². The van der Waals surface area contributed by atoms with Crippen LogP contribution in [0.2, 0.25) is 0 Å². The van der Waals surface area contributed by atoms with Crippen LogP contribution >= 0.6 is 0 Å². The summed E-state index contributed by atoms with van der Waals surface area (Å²) in [7, 11) is 2.03. The summed E-state index contributed by atoms with van der Waals surface area (Å²) in [6.45, 7) is 0. The van der Waals surface area contributed by atoms with E-state index < -0.39 is 0 Å². The Kier molecular flexibility index (Phi) is 2.26. The van der Waals surface area contributed by atoms with Gasteiger partial charge in [0.25, 0.3) is 0 Å². The normalized spacial score (nSPS) is 14.3. The van der Waals surface area contributed by atoms with Crippen LogP contribution in [0.4, 0.5) is 0 Å². The van der Waals surface area contributed by atoms with Crippen LogP contribution in [0.1, 0.15) is 28.3 Å². The number of benzene rings is 2. The highest BCUT2D eigenvalue weighted by Crippen LogP contribution is 2.34. The van der Waals surface area contributed by atoms with Gasteiger partial charge in [0.1, 0.15) is 0 Å². The highest BCUT2D eigenvalue weighted by Gasteiger charge is 2.22. The molecule has 0 spiro atoms. The van der Waals surface area contributed by atoms with E-state index in [1.54, 1.807) is 0 Å². The van der Waals surface area contributed by atoms with Gasteiger partial charge in [-0.15, -0.1) is 0 Å². The van der Waals surface area contributed by atoms with Crippen LogP contribution in [0.15, 0.2) is 48.5 Å². The fourth-order valence-electron chi connectivity index (χ4n) is 2.64. The minimum atomic E-state index is 0.348. The van der Waals surface area contributed by atoms with Gasteiger partial charge < -0.3 is 5.32 Å². The van der Waals surface area contributed by atoms with E-state index in [-0.39, 0.29) is 0 Å². The van der Waals surface area contributed by atoms with E-state index in [1.165, 1.54) is 22.3 Å². The maximum Gasteiger partial charge on any atom is 0.0579 e. The Morgan fingerprint density at radius 1 is 0.875 bits per heavy atom. The lowest BCUT2D eigenvalue weighted by Gasteiger charge is -2.28. The number of fused-ring (bicyclic) bond motifs is 2. The van der Waals surface area contributed by atoms with Gasteiger partial charge in [-0.25, -0.2) is 0 Å². The Morgan fingerprint density at radius 2 is 1.38 bits per heavy atom. The highest BCUT2D eigenvalue weighted by atomic mass is 14.9. The summed E-state index contributed by atoms with van der Waals surface area (Å²) in [5.41, 5.74) is 5.73. The predicted molar refractivity (Wildman–Crippen MR) is 66.6 cm³/mol. The van der Waals surface area contributed by atoms with Crippen LogP contribution in [0.5, 0.6) is 0 Å². The average molecular weight is 209 g/mol. The molecule has 0 aromatic heterocycles. The molecule has 0 aliphatic heterocycles. The molecule has 0 radical (unpaired) electrons. The molecule has 1 aliphatic rings. The summed E-state index contributed by atoms with van der Waals surface area (Å²) in [6, 6.07) is 17.8. The predicted octanol–water partition coefficient (Wildman–Crippen LogP) is 2.90. The first-order chi connectivity index (χ1) is 7.90. The van der Waals surface area contributed by atoms with Crippen molar-refractivity contribution in [1.82, 2.24) is 5.32 Å². The Labute approximate surface area is 96.1 Å². The summed E-state index contributed by atoms with van der Waals surface area (Å²) >= 11 is 0. The maximum atomic E-state index is 3.42. The van der Waals surface area contributed by atoms with Gasteiger partial charge in [-0.2, -0.15) is 0 Å². The zero-order valence-electron chi connectivity index (χ0n) is 9.40. The molecular formula is C15H15N. The second-order valence-electron chi connectivity index (χ2n) is 4.30. The quantitative estimate of drug-likeness (QED) is 0.761. The Hall–Kier alpha value is -1.60. The molecule has 0 saturated carbocycles. The van der Waals surface area contributed by atoms with Gasteiger partial charge in [0.05, 0.1) is 6.04 Å². The monoisotopic (exact) mass is 209 g/mol. The molecule has 3 rings (SSSR count). The zero-order valence-corrected chi connectivity index (χ0v) is 9.40. The average Bonchev–Trinajstić information content (AvgIpc) is 2.36. The zero-order chi connectivity index (χ0) is 11.0. The van der Waals surface area contributed by atoms with E-state index in [0.717, 1.165) is 6.42 Å². The molecular weight excluding hydrogens is 194 g/mol. The summed E-state index contributed by atoms with van der Waals surface area (Å²) in [5.74, 6) is 0. The SMILES string of the molecule is CNC1c2ccccc2Cc2ccccc21. The van der Waals surface area contributed by atoms with E-state index in [2.05, 4.69) is 53.8 Å². The van der Waals surface area contributed by atoms with E-state index in [4.69, 9.17) is 0 Å². The van der Waals surface area contributed by atoms with E-state index in [9.17, 15) is 0 Å². The van der Waals surface area contributed by atoms with Gasteiger partial charge in [0.15, 0.2) is 0 Å². The highest BCUT2D eigenvalue weighted by molar-refractivity contribution is 5.48. The summed E-state index contributed by atoms with van der Waals surface area (Å²) < 4.78 is 0. The van der Waals surface area contributed by atoms with Crippen molar-refractivity contribution < 1.29 is 0 Å². The van der Waals surface area contributed by atoms with Crippen molar-refractivity contribution in [3.63, 3.8) is 0 Å². The molecule has 0 heterocycles. The number of hydrogen-bond donors (Lipinski definition) is 1. The van der Waals surface area contributed by atoms with Crippen molar-refractivity contribution in [3.8, 4) is 0 Å². The topological polar surface area (TPSA) is 12.0 Å². The van der Waals surface area contributed by atoms with Crippen molar-refractivity contribution in [2.75, 3.05) is 7.05 Å². The Bertz CT molecular complexity index is 471. The summed E-state index contributed by atoms with van der Waals surface area (Å²) in [5, 5.41) is 3.42. The molecule has 0 saturated heterocycles. The van der Waals surface area contributed by atoms with E-state index in [0.29, 0.717) is 6.04 Å². The fraction of sp³-hybridized carbons (Fsp3) is 0.200. The van der Waals surface area contributed by atoms with Gasteiger partial charge in [-0.3, -0.25) is 0 Å². The third kappa shape index (κ3) is 1.36. The second kappa shape index (κ2) is 3.76. The van der Waals surface area contributed by atoms with Crippen molar-refractivity contribution in [2.45, 2.75) is 12.5 Å². The standard InChI is InChI=1S/C15H15N/c1-16-15-13-8-4-2-6-11(13)10-12-7-3-5-9-14(12)15/h2-9,15-16H,10H2,1H3. The van der Waals surface area contributed by atoms with Crippen LogP contribution in [-0.4, -0.2) is 7.05 Å². The van der Waals surface area contributed by atoms with Crippen LogP contribution < -0.4 is 5.32 Å². The minimum absolute atomic E-state index is 0.348. The Balaban J connectivity index is 2.19. The molecule has 0 atom stereocenters. The first kappa shape index (κ1) is 9.61. The molecule has 2 aromatic rings. The van der Waals surface area contributed by atoms with Crippen LogP contribution in [0.3, 0.4) is 0 Å². The largest absolute Gasteiger partial charge is 0.309 e. The van der Waals surface area contributed by atoms with Gasteiger partial charge >= 0.3 is 0 Å². The molecule has 0 amide bonds. The van der Waals surface area contributed by atoms with Crippen LogP contribution in [-0.2, 0) is 6.42 Å². The third-order valence-electron chi connectivity index (χ3n) is 3.40. The van der Waals surface area contributed by atoms with Crippen molar-refractivity contribution in [3.05, 3.63) is 70.8 Å². The fourth-order valence-corrected chi connectivity index (χ4v) is 2.64. The molecule has 16 heavy (non-hydrogen) atoms. The molecule has 1 heteroatoms. The first-order valence-electron chi connectivity index (χ1n) is 5.73. The molecule has 0 unspecified atom stereocenters. The first-order valence-corrected chi connectivity index (χ1v) is 5.73. The van der Waals surface area contributed by atoms with Crippen LogP contribution in [0, 0.1) is 0 Å². The molecule has 1 nitrogen and oxygen atoms in total. The molecule has 0 fully saturated rings. The van der Waals surface area contributed by atoms with Crippen molar-refractivity contribution >= 4 is 0 Å². The molecule has 1 aliphatic carbocycles. The Morgan fingerprint density at radius 3 is 1.88 bits per heavy atom. The van der Waals surface area contributed by atoms with Gasteiger partial charge in [0, 0.05) is 0 Å². The van der Waals surface area contributed by atoms with Crippen molar-refractivity contribution in [1.29, 1.82) is 0 Å². The molecule has 1 N–H and O–H groups in total. The molecule has 80 valence electrons. The van der Waals surface area contributed by atoms with E-state index >= 15 is 0 Å². The smallest absolute Gasteiger partial charge is 0.0579 e. The van der Waals surface area contributed by atoms with Gasteiger partial charge in [-0.1, -0.05) is 48.5 Å². The van der Waals surface area contributed by atoms with Gasteiger partial charge in [-0.05, 0) is 35.7 Å². The molecule has 2 aromatic carbocycles. The molecule has 0 bridgehead atoms. The number of nitrogens with one attached hydrogen (secondary N) is 1. The third-order valence-corrected chi connectivity index (χ3v) is 3.40. The van der Waals surface area contributed by atoms with Gasteiger partial charge in [0.2, 0.25) is 0 Å². The minimum Gasteiger partial charge on any atom is -0.309 e. The number of rotatable bonds is 1. The number of hydrogen-bond acceptors (Lipinski definition) is 1. The summed E-state index contributed by atoms with van der Waals surface area (Å²) in [6.07, 6.45) is 1.06. The second-order valence-corrected chi connectivity index (χ2v) is 4.30. The lowest BCUT2D eigenvalue weighted by atomic mass is 9.82. The maximum absolute atomic E-state index is 3.42. The lowest BCUT2D eigenvalue weighted by molar-refractivity contribution is 0.664.